The molecule has 126 valence electrons. The third-order valence-electron chi connectivity index (χ3n) is 3.53. The van der Waals surface area contributed by atoms with Crippen LogP contribution in [0.4, 0.5) is 5.69 Å². The number of nitro benzene ring substituents is 1. The molecule has 0 radical (unpaired) electrons. The zero-order chi connectivity index (χ0) is 18.0. The van der Waals surface area contributed by atoms with E-state index in [2.05, 4.69) is 6.58 Å². The number of carbonyl (C=O) groups is 1. The highest BCUT2D eigenvalue weighted by Gasteiger charge is 2.27. The Kier molecular flexibility index (Phi) is 4.35. The number of ether oxygens (including phenoxy) is 2. The van der Waals surface area contributed by atoms with Crippen molar-refractivity contribution in [2.45, 2.75) is 6.92 Å². The molecule has 0 saturated carbocycles. The summed E-state index contributed by atoms with van der Waals surface area (Å²) in [5, 5.41) is 10.7. The third-order valence-corrected chi connectivity index (χ3v) is 3.53. The summed E-state index contributed by atoms with van der Waals surface area (Å²) in [6.07, 6.45) is 1.56. The molecule has 0 aliphatic carbocycles. The largest absolute Gasteiger partial charge is 0.489 e. The predicted octanol–water partition coefficient (Wildman–Crippen LogP) is 4.17. The van der Waals surface area contributed by atoms with Gasteiger partial charge in [0.05, 0.1) is 10.5 Å². The molecule has 0 aromatic heterocycles. The molecule has 0 spiro atoms. The second-order valence-electron chi connectivity index (χ2n) is 5.69. The van der Waals surface area contributed by atoms with Gasteiger partial charge in [0.15, 0.2) is 5.76 Å². The molecule has 0 atom stereocenters. The molecule has 0 amide bonds. The predicted molar refractivity (Wildman–Crippen MR) is 92.8 cm³/mol. The molecule has 1 aliphatic heterocycles. The fraction of sp³-hybridized carbons (Fsp3) is 0.105. The molecule has 0 unspecified atom stereocenters. The van der Waals surface area contributed by atoms with Crippen LogP contribution in [0.15, 0.2) is 60.4 Å². The Labute approximate surface area is 144 Å². The Morgan fingerprint density at radius 1 is 1.28 bits per heavy atom. The number of Topliss-reactive ketones (excluding diaryl/α,β-unsaturated/α-hetero) is 1. The molecule has 1 heterocycles. The number of hydrogen-bond donors (Lipinski definition) is 0. The highest BCUT2D eigenvalue weighted by Crippen LogP contribution is 2.35. The number of rotatable bonds is 5. The minimum Gasteiger partial charge on any atom is -0.489 e. The number of nitro groups is 1. The van der Waals surface area contributed by atoms with Crippen molar-refractivity contribution in [1.29, 1.82) is 0 Å². The number of allylic oxidation sites excluding steroid dienone is 1. The highest BCUT2D eigenvalue weighted by atomic mass is 16.6. The zero-order valence-corrected chi connectivity index (χ0v) is 13.5. The van der Waals surface area contributed by atoms with E-state index in [9.17, 15) is 14.9 Å². The van der Waals surface area contributed by atoms with Crippen LogP contribution in [-0.4, -0.2) is 17.3 Å². The molecule has 0 N–H and O–H groups in total. The van der Waals surface area contributed by atoms with Gasteiger partial charge in [-0.1, -0.05) is 6.58 Å². The molecule has 0 bridgehead atoms. The summed E-state index contributed by atoms with van der Waals surface area (Å²) in [6, 6.07) is 10.9. The molecular weight excluding hydrogens is 322 g/mol. The van der Waals surface area contributed by atoms with Crippen LogP contribution in [0, 0.1) is 10.1 Å². The van der Waals surface area contributed by atoms with Crippen LogP contribution in [0.5, 0.6) is 11.5 Å². The summed E-state index contributed by atoms with van der Waals surface area (Å²) in [5.41, 5.74) is 1.97. The standard InChI is InChI=1S/C19H15NO5/c1-12(2)11-24-15-7-8-16-17(10-15)25-18(19(16)21)9-13-3-5-14(6-4-13)20(22)23/h3-10H,1,11H2,2H3. The first-order valence-electron chi connectivity index (χ1n) is 7.54. The number of benzene rings is 2. The van der Waals surface area contributed by atoms with E-state index in [0.29, 0.717) is 29.2 Å². The number of fused-ring (bicyclic) bond motifs is 1. The van der Waals surface area contributed by atoms with Crippen LogP contribution >= 0.6 is 0 Å². The minimum absolute atomic E-state index is 0.0107. The van der Waals surface area contributed by atoms with Gasteiger partial charge in [-0.3, -0.25) is 14.9 Å². The molecule has 25 heavy (non-hydrogen) atoms. The van der Waals surface area contributed by atoms with Crippen molar-refractivity contribution in [2.75, 3.05) is 6.61 Å². The number of carbonyl (C=O) groups excluding carboxylic acids is 1. The third kappa shape index (κ3) is 3.58. The Balaban J connectivity index is 1.81. The van der Waals surface area contributed by atoms with Gasteiger partial charge in [-0.15, -0.1) is 0 Å². The lowest BCUT2D eigenvalue weighted by molar-refractivity contribution is -0.384. The van der Waals surface area contributed by atoms with Crippen molar-refractivity contribution in [1.82, 2.24) is 0 Å². The van der Waals surface area contributed by atoms with E-state index in [-0.39, 0.29) is 17.2 Å². The molecule has 6 heteroatoms. The summed E-state index contributed by atoms with van der Waals surface area (Å²) >= 11 is 0. The van der Waals surface area contributed by atoms with Gasteiger partial charge in [-0.05, 0) is 48.4 Å². The van der Waals surface area contributed by atoms with E-state index in [0.717, 1.165) is 5.57 Å². The number of ketones is 1. The lowest BCUT2D eigenvalue weighted by atomic mass is 10.1. The number of nitrogens with zero attached hydrogens (tertiary/aromatic N) is 1. The summed E-state index contributed by atoms with van der Waals surface area (Å²) in [7, 11) is 0. The summed E-state index contributed by atoms with van der Waals surface area (Å²) in [5.74, 6) is 0.948. The SMILES string of the molecule is C=C(C)COc1ccc2c(c1)OC(=Cc1ccc([N+](=O)[O-])cc1)C2=O. The molecule has 1 aliphatic rings. The first-order valence-corrected chi connectivity index (χ1v) is 7.54. The summed E-state index contributed by atoms with van der Waals surface area (Å²) in [6.45, 7) is 6.02. The van der Waals surface area contributed by atoms with Crippen LogP contribution < -0.4 is 9.47 Å². The maximum atomic E-state index is 12.4. The van der Waals surface area contributed by atoms with Crippen molar-refractivity contribution in [3.63, 3.8) is 0 Å². The van der Waals surface area contributed by atoms with Crippen molar-refractivity contribution in [3.05, 3.63) is 81.6 Å². The van der Waals surface area contributed by atoms with Gasteiger partial charge in [-0.25, -0.2) is 0 Å². The molecule has 3 rings (SSSR count). The van der Waals surface area contributed by atoms with E-state index < -0.39 is 4.92 Å². The van der Waals surface area contributed by atoms with Gasteiger partial charge >= 0.3 is 0 Å². The molecule has 2 aromatic rings. The lowest BCUT2D eigenvalue weighted by Gasteiger charge is -2.06. The van der Waals surface area contributed by atoms with E-state index >= 15 is 0 Å². The molecule has 2 aromatic carbocycles. The average Bonchev–Trinajstić information content (AvgIpc) is 2.89. The van der Waals surface area contributed by atoms with Crippen LogP contribution in [0.2, 0.25) is 0 Å². The van der Waals surface area contributed by atoms with Crippen molar-refractivity contribution < 1.29 is 19.2 Å². The van der Waals surface area contributed by atoms with Gasteiger partial charge in [0.2, 0.25) is 5.78 Å². The Morgan fingerprint density at radius 3 is 2.64 bits per heavy atom. The smallest absolute Gasteiger partial charge is 0.269 e. The maximum Gasteiger partial charge on any atom is 0.269 e. The van der Waals surface area contributed by atoms with Crippen molar-refractivity contribution in [2.24, 2.45) is 0 Å². The van der Waals surface area contributed by atoms with E-state index in [1.807, 2.05) is 6.92 Å². The van der Waals surface area contributed by atoms with Gasteiger partial charge < -0.3 is 9.47 Å². The normalized spacial score (nSPS) is 14.1. The van der Waals surface area contributed by atoms with Gasteiger partial charge in [-0.2, -0.15) is 0 Å². The van der Waals surface area contributed by atoms with E-state index in [1.165, 1.54) is 12.1 Å². The van der Waals surface area contributed by atoms with E-state index in [1.54, 1.807) is 36.4 Å². The first kappa shape index (κ1) is 16.4. The van der Waals surface area contributed by atoms with Crippen LogP contribution in [0.3, 0.4) is 0 Å². The summed E-state index contributed by atoms with van der Waals surface area (Å²) in [4.78, 5) is 22.6. The second-order valence-corrected chi connectivity index (χ2v) is 5.69. The number of hydrogen-bond acceptors (Lipinski definition) is 5. The maximum absolute atomic E-state index is 12.4. The van der Waals surface area contributed by atoms with Gasteiger partial charge in [0, 0.05) is 18.2 Å². The van der Waals surface area contributed by atoms with Gasteiger partial charge in [0.25, 0.3) is 5.69 Å². The van der Waals surface area contributed by atoms with Crippen LogP contribution in [-0.2, 0) is 0 Å². The molecule has 0 fully saturated rings. The van der Waals surface area contributed by atoms with Crippen molar-refractivity contribution in [3.8, 4) is 11.5 Å². The van der Waals surface area contributed by atoms with Crippen LogP contribution in [0.1, 0.15) is 22.8 Å². The number of non-ortho nitro benzene ring substituents is 1. The second kappa shape index (κ2) is 6.60. The highest BCUT2D eigenvalue weighted by molar-refractivity contribution is 6.14. The van der Waals surface area contributed by atoms with Crippen molar-refractivity contribution >= 4 is 17.5 Å². The van der Waals surface area contributed by atoms with Crippen LogP contribution in [0.25, 0.3) is 6.08 Å². The summed E-state index contributed by atoms with van der Waals surface area (Å²) < 4.78 is 11.2. The first-order chi connectivity index (χ1) is 11.9. The fourth-order valence-corrected chi connectivity index (χ4v) is 2.31. The zero-order valence-electron chi connectivity index (χ0n) is 13.5. The average molecular weight is 337 g/mol. The lowest BCUT2D eigenvalue weighted by Crippen LogP contribution is -1.98. The molecular formula is C19H15NO5. The molecule has 6 nitrogen and oxygen atoms in total. The van der Waals surface area contributed by atoms with Gasteiger partial charge in [0.1, 0.15) is 18.1 Å². The quantitative estimate of drug-likeness (QED) is 0.354. The molecule has 0 saturated heterocycles. The fourth-order valence-electron chi connectivity index (χ4n) is 2.31. The topological polar surface area (TPSA) is 78.7 Å². The Hall–Kier alpha value is -3.41. The van der Waals surface area contributed by atoms with E-state index in [4.69, 9.17) is 9.47 Å². The Bertz CT molecular complexity index is 897. The monoisotopic (exact) mass is 337 g/mol. The minimum atomic E-state index is -0.476. The Morgan fingerprint density at radius 2 is 2.00 bits per heavy atom.